The summed E-state index contributed by atoms with van der Waals surface area (Å²) in [5, 5.41) is 75.8. The summed E-state index contributed by atoms with van der Waals surface area (Å²) in [7, 11) is -8.75. The minimum Gasteiger partial charge on any atom is -0.907 e. The van der Waals surface area contributed by atoms with E-state index in [0.29, 0.717) is 0 Å². The van der Waals surface area contributed by atoms with Crippen molar-refractivity contribution in [2.24, 2.45) is 0 Å². The summed E-state index contributed by atoms with van der Waals surface area (Å²) in [6.45, 7) is 0. The maximum Gasteiger partial charge on any atom is 2.00 e. The molecule has 0 aromatic heterocycles. The number of hydrogen-bond acceptors (Lipinski definition) is 12. The van der Waals surface area contributed by atoms with Crippen LogP contribution in [-0.2, 0) is 0 Å². The van der Waals surface area contributed by atoms with Gasteiger partial charge >= 0.3 is 298 Å². The Hall–Kier alpha value is 9.17. The van der Waals surface area contributed by atoms with Crippen molar-refractivity contribution < 1.29 is 289 Å². The molecule has 0 heterocycles. The van der Waals surface area contributed by atoms with Crippen LogP contribution in [0.15, 0.2) is 0 Å². The molecule has 0 amide bonds. The van der Waals surface area contributed by atoms with Crippen LogP contribution in [0, 0.1) is 0 Å². The summed E-state index contributed by atoms with van der Waals surface area (Å²) < 4.78 is 0. The van der Waals surface area contributed by atoms with Gasteiger partial charge in [-0.1, -0.05) is 0 Å². The molecule has 0 atom stereocenters. The molecule has 27 heavy (non-hydrogen) atoms. The predicted octanol–water partition coefficient (Wildman–Crippen LogP) is -29.2. The first-order valence-corrected chi connectivity index (χ1v) is 2.12. The fraction of sp³-hybridized carbons (Fsp3) is 0. The summed E-state index contributed by atoms with van der Waals surface area (Å²) in [4.78, 5) is 0. The van der Waals surface area contributed by atoms with Crippen molar-refractivity contribution in [2.75, 3.05) is 0 Å². The molecule has 0 spiro atoms. The zero-order valence-corrected chi connectivity index (χ0v) is 33.7. The molecule has 27 heteroatoms. The van der Waals surface area contributed by atoms with Gasteiger partial charge in [-0.15, -0.1) is 0 Å². The molecule has 0 aliphatic carbocycles. The second-order valence-corrected chi connectivity index (χ2v) is 0.866. The zero-order valence-electron chi connectivity index (χ0n) is 15.6. The van der Waals surface area contributed by atoms with Gasteiger partial charge in [-0.2, -0.15) is 0 Å². The van der Waals surface area contributed by atoms with Crippen LogP contribution < -0.4 is 251 Å². The molecule has 0 aliphatic heterocycles. The van der Waals surface area contributed by atoms with E-state index in [0.717, 1.165) is 0 Å². The van der Waals surface area contributed by atoms with Crippen molar-refractivity contribution in [2.45, 2.75) is 0 Å². The van der Waals surface area contributed by atoms with Gasteiger partial charge in [0.15, 0.2) is 0 Å². The Balaban J connectivity index is -0.00000000220. The van der Waals surface area contributed by atoms with E-state index in [1.807, 2.05) is 0 Å². The van der Waals surface area contributed by atoms with Crippen molar-refractivity contribution in [3.63, 3.8) is 0 Å². The molecule has 0 radical (unpaired) electrons. The largest absolute Gasteiger partial charge is 2.00 e. The molecule has 0 fully saturated rings. The maximum absolute atomic E-state index is 8.42. The van der Waals surface area contributed by atoms with E-state index < -0.39 is 22.0 Å². The van der Waals surface area contributed by atoms with Gasteiger partial charge in [-0.05, 0) is 0 Å². The quantitative estimate of drug-likeness (QED) is 0.252. The SMILES string of the molecule is O.O.O.O.[K+].[K+].[K+].[K+].[Mg+2].[Mg+2].[Mg+2].[Mg+2].[O-]B([O-])[O-].[O-]B([O-])[O-].[O-]B([O-])[O-].[OH-].[OH-].[OH-]. The van der Waals surface area contributed by atoms with Crippen LogP contribution in [0.25, 0.3) is 0 Å². The maximum atomic E-state index is 8.42. The normalized spacial score (nSPS) is 3.00. The van der Waals surface area contributed by atoms with Crippen LogP contribution >= 0.6 is 0 Å². The van der Waals surface area contributed by atoms with Gasteiger partial charge in [0.05, 0.1) is 0 Å². The van der Waals surface area contributed by atoms with Gasteiger partial charge in [-0.25, -0.2) is 0 Å². The van der Waals surface area contributed by atoms with E-state index in [9.17, 15) is 0 Å². The van der Waals surface area contributed by atoms with Gasteiger partial charge in [0.1, 0.15) is 0 Å². The Kier molecular flexibility index (Phi) is 624. The van der Waals surface area contributed by atoms with Crippen molar-refractivity contribution >= 4 is 114 Å². The van der Waals surface area contributed by atoms with Gasteiger partial charge in [0, 0.05) is 0 Å². The first kappa shape index (κ1) is 136. The third-order valence-electron chi connectivity index (χ3n) is 0. The first-order valence-electron chi connectivity index (χ1n) is 2.12. The fourth-order valence-corrected chi connectivity index (χ4v) is 0. The minimum absolute atomic E-state index is 0. The summed E-state index contributed by atoms with van der Waals surface area (Å²) in [6, 6.07) is 0. The molecule has 16 nitrogen and oxygen atoms in total. The van der Waals surface area contributed by atoms with Crippen molar-refractivity contribution in [1.29, 1.82) is 0 Å². The molecule has 0 unspecified atom stereocenters. The average molecular weight is 553 g/mol. The monoisotopic (exact) mass is 552 g/mol. The van der Waals surface area contributed by atoms with E-state index in [2.05, 4.69) is 0 Å². The Bertz CT molecular complexity index is 72.2. The number of hydrogen-bond donors (Lipinski definition) is 0. The third kappa shape index (κ3) is 460. The molecule has 0 saturated carbocycles. The molecular formula is H11B3K4Mg4O16. The smallest absolute Gasteiger partial charge is 0.907 e. The molecule has 0 aromatic carbocycles. The van der Waals surface area contributed by atoms with Crippen molar-refractivity contribution in [1.82, 2.24) is 0 Å². The summed E-state index contributed by atoms with van der Waals surface area (Å²) >= 11 is 0. The standard InChI is InChI=1S/3BO3.4K.4Mg.7H2O/c3*2-1(3)4;;;;;;;;;;;;;;;/h;;;;;;;;;;;7*1H2/q3*-3;4*+1;4*+2;;;;;;;/p-3. The Labute approximate surface area is 391 Å². The van der Waals surface area contributed by atoms with Crippen LogP contribution in [0.3, 0.4) is 0 Å². The second-order valence-electron chi connectivity index (χ2n) is 0.866. The molecule has 0 rings (SSSR count). The Morgan fingerprint density at radius 1 is 0.296 bits per heavy atom. The summed E-state index contributed by atoms with van der Waals surface area (Å²) in [6.07, 6.45) is 0. The Morgan fingerprint density at radius 2 is 0.296 bits per heavy atom. The molecular weight excluding hydrogens is 542 g/mol. The van der Waals surface area contributed by atoms with Crippen molar-refractivity contribution in [3.05, 3.63) is 0 Å². The molecule has 11 N–H and O–H groups in total. The van der Waals surface area contributed by atoms with Crippen LogP contribution in [0.4, 0.5) is 0 Å². The van der Waals surface area contributed by atoms with E-state index in [-0.39, 0.29) is 336 Å². The van der Waals surface area contributed by atoms with E-state index in [4.69, 9.17) is 45.2 Å². The van der Waals surface area contributed by atoms with Crippen LogP contribution in [0.5, 0.6) is 0 Å². The van der Waals surface area contributed by atoms with Gasteiger partial charge in [0.2, 0.25) is 0 Å². The zero-order chi connectivity index (χ0) is 10.7. The van der Waals surface area contributed by atoms with Crippen LogP contribution in [0.1, 0.15) is 0 Å². The average Bonchev–Trinajstić information content (AvgIpc) is 1.54. The minimum atomic E-state index is -2.92. The van der Waals surface area contributed by atoms with Gasteiger partial charge in [-0.3, -0.25) is 22.0 Å². The topological polar surface area (TPSA) is 424 Å². The van der Waals surface area contributed by atoms with E-state index in [1.165, 1.54) is 0 Å². The summed E-state index contributed by atoms with van der Waals surface area (Å²) in [5.74, 6) is 0. The summed E-state index contributed by atoms with van der Waals surface area (Å²) in [5.41, 5.74) is 0. The molecule has 0 saturated heterocycles. The van der Waals surface area contributed by atoms with Gasteiger partial charge in [0.25, 0.3) is 0 Å². The third-order valence-corrected chi connectivity index (χ3v) is 0. The van der Waals surface area contributed by atoms with Crippen LogP contribution in [-0.4, -0.2) is 153 Å². The van der Waals surface area contributed by atoms with E-state index >= 15 is 0 Å². The molecule has 0 aliphatic rings. The van der Waals surface area contributed by atoms with Crippen molar-refractivity contribution in [3.8, 4) is 0 Å². The van der Waals surface area contributed by atoms with E-state index in [1.54, 1.807) is 0 Å². The fourth-order valence-electron chi connectivity index (χ4n) is 0. The Morgan fingerprint density at radius 3 is 0.296 bits per heavy atom. The predicted molar refractivity (Wildman–Crippen MR) is 60.5 cm³/mol. The molecule has 0 bridgehead atoms. The van der Waals surface area contributed by atoms with Crippen LogP contribution in [0.2, 0.25) is 0 Å². The molecule has 0 aromatic rings. The van der Waals surface area contributed by atoms with Gasteiger partial charge < -0.3 is 83.5 Å². The molecule has 128 valence electrons. The first-order chi connectivity index (χ1) is 5.20. The second kappa shape index (κ2) is 124. The number of rotatable bonds is 0.